The molecule has 0 aromatic rings. The van der Waals surface area contributed by atoms with Crippen LogP contribution < -0.4 is 0 Å². The molecule has 0 fully saturated rings. The van der Waals surface area contributed by atoms with E-state index in [1.165, 1.54) is 6.92 Å². The number of ketones is 1. The van der Waals surface area contributed by atoms with Gasteiger partial charge in [-0.1, -0.05) is 46.6 Å². The van der Waals surface area contributed by atoms with Crippen molar-refractivity contribution in [3.8, 4) is 0 Å². The molecule has 0 aliphatic carbocycles. The zero-order valence-electron chi connectivity index (χ0n) is 12.9. The normalized spacial score (nSPS) is 14.6. The molecule has 0 N–H and O–H groups in total. The summed E-state index contributed by atoms with van der Waals surface area (Å²) in [7, 11) is 0. The first kappa shape index (κ1) is 17.9. The van der Waals surface area contributed by atoms with E-state index >= 15 is 0 Å². The highest BCUT2D eigenvalue weighted by Crippen LogP contribution is 2.14. The average molecular weight is 268 g/mol. The first-order valence-corrected chi connectivity index (χ1v) is 7.25. The first-order valence-electron chi connectivity index (χ1n) is 7.25. The highest BCUT2D eigenvalue weighted by Gasteiger charge is 2.21. The molecule has 0 aliphatic heterocycles. The van der Waals surface area contributed by atoms with Gasteiger partial charge in [0.15, 0.2) is 0 Å². The van der Waals surface area contributed by atoms with E-state index in [-0.39, 0.29) is 30.0 Å². The number of Topliss-reactive ketones (excluding diaryl/α,β-unsaturated/α-hetero) is 1. The van der Waals surface area contributed by atoms with Crippen molar-refractivity contribution in [2.75, 3.05) is 0 Å². The molecule has 2 atom stereocenters. The lowest BCUT2D eigenvalue weighted by Crippen LogP contribution is -2.25. The van der Waals surface area contributed by atoms with Crippen molar-refractivity contribution in [2.45, 2.75) is 66.4 Å². The Labute approximate surface area is 117 Å². The fourth-order valence-electron chi connectivity index (χ4n) is 1.53. The molecule has 110 valence electrons. The van der Waals surface area contributed by atoms with Gasteiger partial charge in [-0.05, 0) is 25.3 Å². The van der Waals surface area contributed by atoms with Gasteiger partial charge in [0.25, 0.3) is 0 Å². The largest absolute Gasteiger partial charge is 0.457 e. The lowest BCUT2D eigenvalue weighted by Gasteiger charge is -2.19. The highest BCUT2D eigenvalue weighted by molar-refractivity contribution is 5.77. The number of allylic oxidation sites excluding steroid dienone is 1. The van der Waals surface area contributed by atoms with E-state index in [2.05, 4.69) is 6.92 Å². The van der Waals surface area contributed by atoms with E-state index < -0.39 is 6.10 Å². The fraction of sp³-hybridized carbons (Fsp3) is 0.750. The minimum Gasteiger partial charge on any atom is -0.457 e. The topological polar surface area (TPSA) is 43.4 Å². The van der Waals surface area contributed by atoms with E-state index in [1.807, 2.05) is 32.9 Å². The molecule has 3 nitrogen and oxygen atoms in total. The summed E-state index contributed by atoms with van der Waals surface area (Å²) in [5.74, 6) is -0.0791. The van der Waals surface area contributed by atoms with E-state index in [1.54, 1.807) is 0 Å². The molecule has 3 heteroatoms. The molecule has 0 heterocycles. The number of hydrogen-bond acceptors (Lipinski definition) is 3. The van der Waals surface area contributed by atoms with Crippen LogP contribution in [0, 0.1) is 11.8 Å². The maximum absolute atomic E-state index is 11.9. The number of rotatable bonds is 9. The van der Waals surface area contributed by atoms with Crippen LogP contribution in [0.4, 0.5) is 0 Å². The monoisotopic (exact) mass is 268 g/mol. The van der Waals surface area contributed by atoms with Crippen LogP contribution in [0.2, 0.25) is 0 Å². The molecule has 0 spiro atoms. The predicted molar refractivity (Wildman–Crippen MR) is 77.8 cm³/mol. The third-order valence-electron chi connectivity index (χ3n) is 3.20. The molecule has 0 aromatic heterocycles. The molecule has 0 aromatic carbocycles. The molecule has 19 heavy (non-hydrogen) atoms. The maximum Gasteiger partial charge on any atom is 0.309 e. The quantitative estimate of drug-likeness (QED) is 0.362. The second kappa shape index (κ2) is 9.76. The fourth-order valence-corrected chi connectivity index (χ4v) is 1.53. The van der Waals surface area contributed by atoms with Crippen LogP contribution in [-0.4, -0.2) is 17.9 Å². The van der Waals surface area contributed by atoms with Crippen LogP contribution in [0.5, 0.6) is 0 Å². The summed E-state index contributed by atoms with van der Waals surface area (Å²) in [5.41, 5.74) is 0. The minimum atomic E-state index is -0.414. The highest BCUT2D eigenvalue weighted by atomic mass is 16.5. The zero-order valence-corrected chi connectivity index (χ0v) is 12.9. The molecule has 0 bridgehead atoms. The molecule has 0 saturated carbocycles. The Balaban J connectivity index is 4.45. The number of hydrogen-bond donors (Lipinski definition) is 0. The molecule has 0 saturated heterocycles. The summed E-state index contributed by atoms with van der Waals surface area (Å²) in [6.07, 6.45) is 6.90. The van der Waals surface area contributed by atoms with Crippen molar-refractivity contribution in [3.63, 3.8) is 0 Å². The Morgan fingerprint density at radius 3 is 2.32 bits per heavy atom. The lowest BCUT2D eigenvalue weighted by molar-refractivity contribution is -0.153. The van der Waals surface area contributed by atoms with E-state index in [0.29, 0.717) is 0 Å². The molecular formula is C16H28O3. The van der Waals surface area contributed by atoms with Crippen molar-refractivity contribution in [1.82, 2.24) is 0 Å². The van der Waals surface area contributed by atoms with Gasteiger partial charge in [-0.2, -0.15) is 0 Å². The zero-order chi connectivity index (χ0) is 14.8. The standard InChI is InChI=1S/C16H28O3/c1-6-7-8-9-10-15(11-13(4)17)19-16(18)14(5)12(2)3/h9-10,12,14-15H,6-8,11H2,1-5H3. The summed E-state index contributed by atoms with van der Waals surface area (Å²) in [6, 6.07) is 0. The van der Waals surface area contributed by atoms with Crippen molar-refractivity contribution in [1.29, 1.82) is 0 Å². The van der Waals surface area contributed by atoms with E-state index in [0.717, 1.165) is 19.3 Å². The van der Waals surface area contributed by atoms with Gasteiger partial charge in [-0.25, -0.2) is 0 Å². The maximum atomic E-state index is 11.9. The van der Waals surface area contributed by atoms with Crippen molar-refractivity contribution < 1.29 is 14.3 Å². The van der Waals surface area contributed by atoms with Crippen molar-refractivity contribution >= 4 is 11.8 Å². The number of esters is 1. The van der Waals surface area contributed by atoms with Crippen LogP contribution >= 0.6 is 0 Å². The first-order chi connectivity index (χ1) is 8.88. The predicted octanol–water partition coefficient (Wildman–Crippen LogP) is 3.92. The Kier molecular flexibility index (Phi) is 9.19. The third kappa shape index (κ3) is 8.57. The second-order valence-electron chi connectivity index (χ2n) is 5.48. The smallest absolute Gasteiger partial charge is 0.309 e. The second-order valence-corrected chi connectivity index (χ2v) is 5.48. The summed E-state index contributed by atoms with van der Waals surface area (Å²) in [4.78, 5) is 23.1. The number of ether oxygens (including phenoxy) is 1. The van der Waals surface area contributed by atoms with E-state index in [9.17, 15) is 9.59 Å². The Morgan fingerprint density at radius 1 is 1.21 bits per heavy atom. The average Bonchev–Trinajstić information content (AvgIpc) is 2.32. The van der Waals surface area contributed by atoms with E-state index in [4.69, 9.17) is 4.74 Å². The molecule has 0 radical (unpaired) electrons. The molecule has 0 amide bonds. The van der Waals surface area contributed by atoms with Gasteiger partial charge < -0.3 is 4.74 Å². The van der Waals surface area contributed by atoms with Gasteiger partial charge in [0.1, 0.15) is 11.9 Å². The van der Waals surface area contributed by atoms with Crippen LogP contribution in [0.15, 0.2) is 12.2 Å². The summed E-state index contributed by atoms with van der Waals surface area (Å²) in [5, 5.41) is 0. The minimum absolute atomic E-state index is 0.0372. The van der Waals surface area contributed by atoms with Crippen molar-refractivity contribution in [2.24, 2.45) is 11.8 Å². The molecule has 0 rings (SSSR count). The Bertz CT molecular complexity index is 305. The Morgan fingerprint density at radius 2 is 1.84 bits per heavy atom. The summed E-state index contributed by atoms with van der Waals surface area (Å²) < 4.78 is 5.42. The van der Waals surface area contributed by atoms with Crippen LogP contribution in [0.3, 0.4) is 0 Å². The Hall–Kier alpha value is -1.12. The van der Waals surface area contributed by atoms with Crippen LogP contribution in [0.1, 0.15) is 60.3 Å². The van der Waals surface area contributed by atoms with Gasteiger partial charge in [-0.3, -0.25) is 9.59 Å². The summed E-state index contributed by atoms with van der Waals surface area (Å²) in [6.45, 7) is 9.49. The summed E-state index contributed by atoms with van der Waals surface area (Å²) >= 11 is 0. The van der Waals surface area contributed by atoms with Gasteiger partial charge in [0, 0.05) is 6.42 Å². The van der Waals surface area contributed by atoms with Gasteiger partial charge in [0.05, 0.1) is 5.92 Å². The van der Waals surface area contributed by atoms with Gasteiger partial charge in [-0.15, -0.1) is 0 Å². The lowest BCUT2D eigenvalue weighted by atomic mass is 9.98. The molecule has 2 unspecified atom stereocenters. The number of carbonyl (C=O) groups is 2. The van der Waals surface area contributed by atoms with Crippen LogP contribution in [0.25, 0.3) is 0 Å². The number of unbranched alkanes of at least 4 members (excludes halogenated alkanes) is 2. The SMILES string of the molecule is CCCCC=CC(CC(C)=O)OC(=O)C(C)C(C)C. The molecule has 0 aliphatic rings. The van der Waals surface area contributed by atoms with Crippen LogP contribution in [-0.2, 0) is 14.3 Å². The number of carbonyl (C=O) groups excluding carboxylic acids is 2. The van der Waals surface area contributed by atoms with Gasteiger partial charge >= 0.3 is 5.97 Å². The van der Waals surface area contributed by atoms with Crippen molar-refractivity contribution in [3.05, 3.63) is 12.2 Å². The van der Waals surface area contributed by atoms with Gasteiger partial charge in [0.2, 0.25) is 0 Å². The third-order valence-corrected chi connectivity index (χ3v) is 3.20. The molecular weight excluding hydrogens is 240 g/mol.